The second-order valence-corrected chi connectivity index (χ2v) is 4.75. The van der Waals surface area contributed by atoms with Crippen LogP contribution < -0.4 is 4.74 Å². The third kappa shape index (κ3) is 2.89. The summed E-state index contributed by atoms with van der Waals surface area (Å²) < 4.78 is 18.7. The van der Waals surface area contributed by atoms with Crippen molar-refractivity contribution in [3.63, 3.8) is 0 Å². The fraction of sp³-hybridized carbons (Fsp3) is 0.429. The quantitative estimate of drug-likeness (QED) is 0.917. The van der Waals surface area contributed by atoms with Gasteiger partial charge in [0.2, 0.25) is 0 Å². The lowest BCUT2D eigenvalue weighted by Crippen LogP contribution is -2.40. The first-order chi connectivity index (χ1) is 9.52. The molecule has 6 heteroatoms. The number of benzene rings is 1. The predicted octanol–water partition coefficient (Wildman–Crippen LogP) is 1.77. The molecule has 1 saturated heterocycles. The lowest BCUT2D eigenvalue weighted by atomic mass is 9.96. The maximum absolute atomic E-state index is 13.8. The number of piperidine rings is 1. The molecule has 20 heavy (non-hydrogen) atoms. The van der Waals surface area contributed by atoms with Crippen molar-refractivity contribution in [3.8, 4) is 5.75 Å². The summed E-state index contributed by atoms with van der Waals surface area (Å²) >= 11 is 0. The van der Waals surface area contributed by atoms with E-state index in [9.17, 15) is 14.0 Å². The number of hydrogen-bond donors (Lipinski definition) is 1. The Kier molecular flexibility index (Phi) is 4.22. The van der Waals surface area contributed by atoms with Gasteiger partial charge in [-0.3, -0.25) is 9.59 Å². The summed E-state index contributed by atoms with van der Waals surface area (Å²) in [5.41, 5.74) is -0.0143. The van der Waals surface area contributed by atoms with Crippen LogP contribution in [0.4, 0.5) is 4.39 Å². The average Bonchev–Trinajstić information content (AvgIpc) is 2.46. The van der Waals surface area contributed by atoms with Crippen molar-refractivity contribution in [3.05, 3.63) is 29.6 Å². The number of rotatable bonds is 3. The summed E-state index contributed by atoms with van der Waals surface area (Å²) in [5.74, 6) is -1.94. The van der Waals surface area contributed by atoms with Crippen LogP contribution in [0.3, 0.4) is 0 Å². The topological polar surface area (TPSA) is 66.8 Å². The minimum atomic E-state index is -0.840. The van der Waals surface area contributed by atoms with E-state index in [0.29, 0.717) is 31.7 Å². The van der Waals surface area contributed by atoms with E-state index < -0.39 is 23.6 Å². The molecule has 2 rings (SSSR count). The number of aliphatic carboxylic acids is 1. The number of nitrogens with zero attached hydrogens (tertiary/aromatic N) is 1. The number of likely N-dealkylation sites (tertiary alicyclic amines) is 1. The van der Waals surface area contributed by atoms with Crippen LogP contribution in [0.15, 0.2) is 18.2 Å². The highest BCUT2D eigenvalue weighted by molar-refractivity contribution is 5.94. The summed E-state index contributed by atoms with van der Waals surface area (Å²) in [6, 6.07) is 4.08. The van der Waals surface area contributed by atoms with Crippen LogP contribution in [-0.4, -0.2) is 42.1 Å². The highest BCUT2D eigenvalue weighted by Crippen LogP contribution is 2.22. The van der Waals surface area contributed by atoms with Gasteiger partial charge >= 0.3 is 5.97 Å². The molecule has 0 aromatic heterocycles. The van der Waals surface area contributed by atoms with E-state index in [1.165, 1.54) is 24.1 Å². The smallest absolute Gasteiger partial charge is 0.306 e. The summed E-state index contributed by atoms with van der Waals surface area (Å²) in [4.78, 5) is 24.5. The van der Waals surface area contributed by atoms with Gasteiger partial charge in [-0.15, -0.1) is 0 Å². The summed E-state index contributed by atoms with van der Waals surface area (Å²) in [5, 5.41) is 8.90. The third-order valence-corrected chi connectivity index (χ3v) is 3.54. The minimum Gasteiger partial charge on any atom is -0.497 e. The van der Waals surface area contributed by atoms with Crippen LogP contribution in [-0.2, 0) is 4.79 Å². The molecule has 1 N–H and O–H groups in total. The molecular weight excluding hydrogens is 265 g/mol. The van der Waals surface area contributed by atoms with Crippen molar-refractivity contribution in [2.24, 2.45) is 5.92 Å². The first-order valence-corrected chi connectivity index (χ1v) is 6.38. The number of methoxy groups -OCH3 is 1. The Bertz CT molecular complexity index is 524. The Labute approximate surface area is 116 Å². The zero-order valence-electron chi connectivity index (χ0n) is 11.1. The van der Waals surface area contributed by atoms with Gasteiger partial charge in [-0.1, -0.05) is 0 Å². The van der Waals surface area contributed by atoms with E-state index in [2.05, 4.69) is 0 Å². The average molecular weight is 281 g/mol. The van der Waals surface area contributed by atoms with E-state index in [0.717, 1.165) is 6.07 Å². The standard InChI is InChI=1S/C14H16FNO4/c1-20-10-2-3-11(12(15)8-10)13(17)16-6-4-9(5-7-16)14(18)19/h2-3,8-9H,4-7H2,1H3,(H,18,19). The van der Waals surface area contributed by atoms with Crippen molar-refractivity contribution < 1.29 is 23.8 Å². The predicted molar refractivity (Wildman–Crippen MR) is 69.2 cm³/mol. The van der Waals surface area contributed by atoms with Crippen LogP contribution in [0.1, 0.15) is 23.2 Å². The van der Waals surface area contributed by atoms with Crippen molar-refractivity contribution in [2.75, 3.05) is 20.2 Å². The normalized spacial score (nSPS) is 16.0. The molecule has 108 valence electrons. The Morgan fingerprint density at radius 2 is 2.00 bits per heavy atom. The van der Waals surface area contributed by atoms with Crippen LogP contribution >= 0.6 is 0 Å². The monoisotopic (exact) mass is 281 g/mol. The first kappa shape index (κ1) is 14.3. The van der Waals surface area contributed by atoms with Crippen LogP contribution in [0.5, 0.6) is 5.75 Å². The lowest BCUT2D eigenvalue weighted by molar-refractivity contribution is -0.143. The zero-order valence-corrected chi connectivity index (χ0v) is 11.1. The molecule has 0 saturated carbocycles. The number of carboxylic acid groups (broad SMARTS) is 1. The Balaban J connectivity index is 2.07. The molecule has 1 heterocycles. The molecule has 1 fully saturated rings. The van der Waals surface area contributed by atoms with E-state index in [1.807, 2.05) is 0 Å². The molecule has 1 aromatic rings. The summed E-state index contributed by atoms with van der Waals surface area (Å²) in [6.45, 7) is 0.669. The van der Waals surface area contributed by atoms with Gasteiger partial charge in [-0.05, 0) is 25.0 Å². The molecule has 0 radical (unpaired) electrons. The van der Waals surface area contributed by atoms with Gasteiger partial charge in [0.1, 0.15) is 11.6 Å². The number of amides is 1. The van der Waals surface area contributed by atoms with Crippen molar-refractivity contribution in [1.82, 2.24) is 4.90 Å². The molecule has 0 bridgehead atoms. The number of carbonyl (C=O) groups excluding carboxylic acids is 1. The number of hydrogen-bond acceptors (Lipinski definition) is 3. The molecule has 1 amide bonds. The van der Waals surface area contributed by atoms with Crippen molar-refractivity contribution in [1.29, 1.82) is 0 Å². The van der Waals surface area contributed by atoms with Gasteiger partial charge in [0.05, 0.1) is 18.6 Å². The fourth-order valence-electron chi connectivity index (χ4n) is 2.30. The number of ether oxygens (including phenoxy) is 1. The molecule has 0 atom stereocenters. The zero-order chi connectivity index (χ0) is 14.7. The number of carbonyl (C=O) groups is 2. The van der Waals surface area contributed by atoms with Crippen LogP contribution in [0.25, 0.3) is 0 Å². The van der Waals surface area contributed by atoms with Gasteiger partial charge in [0.15, 0.2) is 0 Å². The summed E-state index contributed by atoms with van der Waals surface area (Å²) in [7, 11) is 1.42. The Hall–Kier alpha value is -2.11. The van der Waals surface area contributed by atoms with Crippen molar-refractivity contribution >= 4 is 11.9 Å². The molecular formula is C14H16FNO4. The minimum absolute atomic E-state index is 0.0143. The maximum atomic E-state index is 13.8. The molecule has 1 aromatic carbocycles. The molecule has 0 spiro atoms. The van der Waals surface area contributed by atoms with E-state index in [4.69, 9.17) is 9.84 Å². The maximum Gasteiger partial charge on any atom is 0.306 e. The van der Waals surface area contributed by atoms with E-state index >= 15 is 0 Å². The first-order valence-electron chi connectivity index (χ1n) is 6.38. The molecule has 1 aliphatic rings. The largest absolute Gasteiger partial charge is 0.497 e. The molecule has 5 nitrogen and oxygen atoms in total. The van der Waals surface area contributed by atoms with Gasteiger partial charge in [-0.25, -0.2) is 4.39 Å². The van der Waals surface area contributed by atoms with Gasteiger partial charge < -0.3 is 14.7 Å². The Morgan fingerprint density at radius 3 is 2.50 bits per heavy atom. The Morgan fingerprint density at radius 1 is 1.35 bits per heavy atom. The lowest BCUT2D eigenvalue weighted by Gasteiger charge is -2.30. The fourth-order valence-corrected chi connectivity index (χ4v) is 2.30. The number of halogens is 1. The number of carboxylic acids is 1. The molecule has 0 unspecified atom stereocenters. The highest BCUT2D eigenvalue weighted by atomic mass is 19.1. The van der Waals surface area contributed by atoms with Crippen molar-refractivity contribution in [2.45, 2.75) is 12.8 Å². The summed E-state index contributed by atoms with van der Waals surface area (Å²) in [6.07, 6.45) is 0.803. The third-order valence-electron chi connectivity index (χ3n) is 3.54. The SMILES string of the molecule is COc1ccc(C(=O)N2CCC(C(=O)O)CC2)c(F)c1. The van der Waals surface area contributed by atoms with Gasteiger partial charge in [-0.2, -0.15) is 0 Å². The van der Waals surface area contributed by atoms with Crippen LogP contribution in [0, 0.1) is 11.7 Å². The van der Waals surface area contributed by atoms with E-state index in [-0.39, 0.29) is 5.56 Å². The van der Waals surface area contributed by atoms with E-state index in [1.54, 1.807) is 0 Å². The molecule has 1 aliphatic heterocycles. The second kappa shape index (κ2) is 5.90. The van der Waals surface area contributed by atoms with Gasteiger partial charge in [0.25, 0.3) is 5.91 Å². The molecule has 0 aliphatic carbocycles. The second-order valence-electron chi connectivity index (χ2n) is 4.75. The van der Waals surface area contributed by atoms with Gasteiger partial charge in [0, 0.05) is 19.2 Å². The van der Waals surface area contributed by atoms with Crippen LogP contribution in [0.2, 0.25) is 0 Å². The highest BCUT2D eigenvalue weighted by Gasteiger charge is 2.28.